The molecule has 2 saturated carbocycles. The number of hydrogen-bond donors (Lipinski definition) is 2. The predicted molar refractivity (Wildman–Crippen MR) is 167 cm³/mol. The zero-order valence-corrected chi connectivity index (χ0v) is 25.2. The number of phenols is 1. The van der Waals surface area contributed by atoms with Crippen LogP contribution in [0.25, 0.3) is 11.3 Å². The number of aromatic hydroxyl groups is 1. The van der Waals surface area contributed by atoms with Gasteiger partial charge in [0, 0.05) is 55.6 Å². The summed E-state index contributed by atoms with van der Waals surface area (Å²) in [6.07, 6.45) is 8.69. The number of nitrogens with zero attached hydrogens (tertiary/aromatic N) is 7. The maximum Gasteiger partial charge on any atom is 0.308 e. The molecular weight excluding hydrogens is 556 g/mol. The molecule has 0 unspecified atom stereocenters. The van der Waals surface area contributed by atoms with Gasteiger partial charge in [0.1, 0.15) is 5.75 Å². The van der Waals surface area contributed by atoms with Crippen LogP contribution in [0, 0.1) is 11.3 Å². The van der Waals surface area contributed by atoms with Crippen LogP contribution >= 0.6 is 0 Å². The third-order valence-corrected chi connectivity index (χ3v) is 10.9. The van der Waals surface area contributed by atoms with Crippen molar-refractivity contribution in [3.63, 3.8) is 0 Å². The van der Waals surface area contributed by atoms with E-state index in [-0.39, 0.29) is 23.7 Å². The molecule has 11 heteroatoms. The number of aromatic nitrogens is 4. The Morgan fingerprint density at radius 1 is 1.02 bits per heavy atom. The molecule has 230 valence electrons. The summed E-state index contributed by atoms with van der Waals surface area (Å²) in [4.78, 5) is 29.0. The SMILES string of the molecule is COC(=O)C1CC2(C1)CC(N1CCC(c3ccnc(N4CCN5c6cc(-c7ccccc7O)nnc6NC[C@H]5C4)n3)CC1)C2. The number of fused-ring (bicyclic) bond motifs is 3. The number of carbonyl (C=O) groups is 1. The Bertz CT molecular complexity index is 1550. The van der Waals surface area contributed by atoms with Crippen molar-refractivity contribution in [1.82, 2.24) is 25.1 Å². The van der Waals surface area contributed by atoms with E-state index in [0.29, 0.717) is 28.6 Å². The molecule has 0 bridgehead atoms. The van der Waals surface area contributed by atoms with E-state index in [1.807, 2.05) is 30.5 Å². The molecule has 2 saturated heterocycles. The van der Waals surface area contributed by atoms with Gasteiger partial charge in [-0.3, -0.25) is 4.79 Å². The van der Waals surface area contributed by atoms with E-state index in [4.69, 9.17) is 14.7 Å². The van der Waals surface area contributed by atoms with Gasteiger partial charge >= 0.3 is 5.97 Å². The Morgan fingerprint density at radius 3 is 2.64 bits per heavy atom. The first kappa shape index (κ1) is 27.6. The second kappa shape index (κ2) is 10.9. The third kappa shape index (κ3) is 4.81. The minimum atomic E-state index is -0.0269. The van der Waals surface area contributed by atoms with Gasteiger partial charge in [-0.05, 0) is 81.3 Å². The number of likely N-dealkylation sites (tertiary alicyclic amines) is 1. The Labute approximate surface area is 257 Å². The fraction of sp³-hybridized carbons (Fsp3) is 0.545. The molecule has 4 fully saturated rings. The number of carbonyl (C=O) groups excluding carboxylic acids is 1. The number of esters is 1. The quantitative estimate of drug-likeness (QED) is 0.420. The highest BCUT2D eigenvalue weighted by Gasteiger charge is 2.56. The van der Waals surface area contributed by atoms with Gasteiger partial charge in [0.25, 0.3) is 0 Å². The van der Waals surface area contributed by atoms with Crippen molar-refractivity contribution in [1.29, 1.82) is 0 Å². The van der Waals surface area contributed by atoms with Crippen molar-refractivity contribution in [2.75, 3.05) is 61.5 Å². The van der Waals surface area contributed by atoms with Crippen LogP contribution in [0.15, 0.2) is 42.6 Å². The molecule has 3 aromatic rings. The lowest BCUT2D eigenvalue weighted by atomic mass is 9.49. The Hall–Kier alpha value is -3.99. The number of piperidine rings is 1. The molecule has 1 atom stereocenters. The van der Waals surface area contributed by atoms with Crippen LogP contribution in [-0.4, -0.2) is 94.6 Å². The maximum atomic E-state index is 11.8. The van der Waals surface area contributed by atoms with Gasteiger partial charge in [-0.25, -0.2) is 9.97 Å². The van der Waals surface area contributed by atoms with Crippen LogP contribution in [-0.2, 0) is 9.53 Å². The van der Waals surface area contributed by atoms with Gasteiger partial charge < -0.3 is 29.9 Å². The molecule has 1 aromatic carbocycles. The standard InChI is InChI=1S/C33H40N8O3/c1-44-31(43)22-15-33(16-22)17-23(18-33)39-10-7-21(8-11-39)26-6-9-34-32(36-26)40-12-13-41-24(20-40)19-35-30-28(41)14-27(37-38-30)25-4-2-3-5-29(25)42/h2-6,9,14,21-24,42H,7-8,10-13,15-20H2,1H3,(H,35,38)/t22?,23?,24-,33?/m0/s1. The van der Waals surface area contributed by atoms with Gasteiger partial charge in [-0.15, -0.1) is 10.2 Å². The van der Waals surface area contributed by atoms with Crippen LogP contribution in [0.3, 0.4) is 0 Å². The first-order chi connectivity index (χ1) is 21.5. The number of piperazine rings is 1. The second-order valence-electron chi connectivity index (χ2n) is 13.4. The fourth-order valence-corrected chi connectivity index (χ4v) is 8.44. The monoisotopic (exact) mass is 596 g/mol. The van der Waals surface area contributed by atoms with E-state index in [2.05, 4.69) is 36.3 Å². The van der Waals surface area contributed by atoms with Crippen molar-refractivity contribution >= 4 is 23.4 Å². The minimum absolute atomic E-state index is 0.0269. The molecule has 8 rings (SSSR count). The van der Waals surface area contributed by atoms with Crippen LogP contribution in [0.2, 0.25) is 0 Å². The van der Waals surface area contributed by atoms with E-state index >= 15 is 0 Å². The Morgan fingerprint density at radius 2 is 1.84 bits per heavy atom. The van der Waals surface area contributed by atoms with E-state index in [0.717, 1.165) is 88.1 Å². The Kier molecular flexibility index (Phi) is 6.81. The number of ether oxygens (including phenoxy) is 1. The summed E-state index contributed by atoms with van der Waals surface area (Å²) in [6.45, 7) is 5.49. The topological polar surface area (TPSA) is 120 Å². The van der Waals surface area contributed by atoms with Crippen molar-refractivity contribution in [2.24, 2.45) is 11.3 Å². The summed E-state index contributed by atoms with van der Waals surface area (Å²) in [6, 6.07) is 12.3. The lowest BCUT2D eigenvalue weighted by molar-refractivity contribution is -0.163. The van der Waals surface area contributed by atoms with E-state index in [1.165, 1.54) is 20.0 Å². The van der Waals surface area contributed by atoms with E-state index in [1.54, 1.807) is 6.07 Å². The third-order valence-electron chi connectivity index (χ3n) is 10.9. The highest BCUT2D eigenvalue weighted by molar-refractivity contribution is 5.77. The summed E-state index contributed by atoms with van der Waals surface area (Å²) < 4.78 is 4.94. The summed E-state index contributed by atoms with van der Waals surface area (Å²) in [7, 11) is 1.50. The number of rotatable bonds is 5. The smallest absolute Gasteiger partial charge is 0.308 e. The molecule has 5 heterocycles. The van der Waals surface area contributed by atoms with Gasteiger partial charge in [-0.1, -0.05) is 12.1 Å². The number of phenolic OH excluding ortho intramolecular Hbond substituents is 1. The van der Waals surface area contributed by atoms with Crippen molar-refractivity contribution < 1.29 is 14.6 Å². The number of methoxy groups -OCH3 is 1. The number of benzene rings is 1. The van der Waals surface area contributed by atoms with Gasteiger partial charge in [0.05, 0.1) is 30.5 Å². The summed E-state index contributed by atoms with van der Waals surface area (Å²) in [5, 5.41) is 22.6. The largest absolute Gasteiger partial charge is 0.507 e. The highest BCUT2D eigenvalue weighted by atomic mass is 16.5. The number of nitrogens with one attached hydrogen (secondary N) is 1. The van der Waals surface area contributed by atoms with Crippen LogP contribution in [0.5, 0.6) is 5.75 Å². The lowest BCUT2D eigenvalue weighted by Crippen LogP contribution is -2.58. The van der Waals surface area contributed by atoms with Crippen LogP contribution in [0.4, 0.5) is 17.5 Å². The molecule has 0 amide bonds. The van der Waals surface area contributed by atoms with Crippen LogP contribution in [0.1, 0.15) is 50.1 Å². The highest BCUT2D eigenvalue weighted by Crippen LogP contribution is 2.60. The average molecular weight is 597 g/mol. The fourth-order valence-electron chi connectivity index (χ4n) is 8.44. The van der Waals surface area contributed by atoms with Gasteiger partial charge in [0.15, 0.2) is 5.82 Å². The summed E-state index contributed by atoms with van der Waals surface area (Å²) in [5.41, 5.74) is 3.94. The molecule has 3 aliphatic heterocycles. The summed E-state index contributed by atoms with van der Waals surface area (Å²) in [5.74, 6) is 2.38. The zero-order valence-electron chi connectivity index (χ0n) is 25.2. The molecular formula is C33H40N8O3. The minimum Gasteiger partial charge on any atom is -0.507 e. The van der Waals surface area contributed by atoms with Gasteiger partial charge in [0.2, 0.25) is 5.95 Å². The lowest BCUT2D eigenvalue weighted by Gasteiger charge is -2.60. The summed E-state index contributed by atoms with van der Waals surface area (Å²) >= 11 is 0. The van der Waals surface area contributed by atoms with Crippen LogP contribution < -0.4 is 15.1 Å². The normalized spacial score (nSPS) is 28.3. The maximum absolute atomic E-state index is 11.8. The second-order valence-corrected chi connectivity index (χ2v) is 13.4. The average Bonchev–Trinajstić information content (AvgIpc) is 3.03. The predicted octanol–water partition coefficient (Wildman–Crippen LogP) is 3.67. The van der Waals surface area contributed by atoms with Gasteiger partial charge in [-0.2, -0.15) is 0 Å². The molecule has 1 spiro atoms. The van der Waals surface area contributed by atoms with Crippen molar-refractivity contribution in [3.05, 3.63) is 48.3 Å². The molecule has 11 nitrogen and oxygen atoms in total. The first-order valence-electron chi connectivity index (χ1n) is 16.0. The van der Waals surface area contributed by atoms with Crippen molar-refractivity contribution in [2.45, 2.75) is 56.5 Å². The number of hydrogen-bond acceptors (Lipinski definition) is 11. The first-order valence-corrected chi connectivity index (χ1v) is 16.0. The van der Waals surface area contributed by atoms with E-state index < -0.39 is 0 Å². The number of para-hydroxylation sites is 1. The number of anilines is 3. The van der Waals surface area contributed by atoms with Crippen molar-refractivity contribution in [3.8, 4) is 17.0 Å². The molecule has 0 radical (unpaired) electrons. The molecule has 2 aromatic heterocycles. The Balaban J connectivity index is 0.882. The molecule has 2 aliphatic carbocycles. The molecule has 44 heavy (non-hydrogen) atoms. The molecule has 5 aliphatic rings. The molecule has 2 N–H and O–H groups in total. The zero-order chi connectivity index (χ0) is 29.8. The van der Waals surface area contributed by atoms with E-state index in [9.17, 15) is 9.90 Å².